The number of hydrogen-bond acceptors (Lipinski definition) is 3. The summed E-state index contributed by atoms with van der Waals surface area (Å²) in [6, 6.07) is 17.7. The highest BCUT2D eigenvalue weighted by molar-refractivity contribution is 7.89. The summed E-state index contributed by atoms with van der Waals surface area (Å²) in [5.41, 5.74) is 3.02. The first-order chi connectivity index (χ1) is 15.2. The fourth-order valence-electron chi connectivity index (χ4n) is 5.40. The molecule has 3 aliphatic rings. The molecule has 2 N–H and O–H groups in total. The van der Waals surface area contributed by atoms with Crippen LogP contribution in [0, 0.1) is 11.3 Å². The minimum atomic E-state index is -3.70. The van der Waals surface area contributed by atoms with E-state index in [0.717, 1.165) is 29.5 Å². The van der Waals surface area contributed by atoms with Gasteiger partial charge in [0.15, 0.2) is 0 Å². The Labute approximate surface area is 188 Å². The van der Waals surface area contributed by atoms with Gasteiger partial charge in [-0.2, -0.15) is 0 Å². The summed E-state index contributed by atoms with van der Waals surface area (Å²) in [5, 5.41) is 5.47. The molecule has 0 aromatic heterocycles. The van der Waals surface area contributed by atoms with Crippen LogP contribution < -0.4 is 5.14 Å². The van der Waals surface area contributed by atoms with Gasteiger partial charge in [0.1, 0.15) is 6.17 Å². The smallest absolute Gasteiger partial charge is 0.320 e. The zero-order valence-electron chi connectivity index (χ0n) is 17.9. The van der Waals surface area contributed by atoms with Crippen molar-refractivity contribution in [3.8, 4) is 11.1 Å². The Morgan fingerprint density at radius 3 is 2.38 bits per heavy atom. The molecule has 8 heteroatoms. The third-order valence-corrected chi connectivity index (χ3v) is 8.10. The second-order valence-electron chi connectivity index (χ2n) is 9.55. The molecule has 2 aliphatic heterocycles. The van der Waals surface area contributed by atoms with Crippen LogP contribution in [-0.2, 0) is 16.4 Å². The predicted octanol–water partition coefficient (Wildman–Crippen LogP) is 3.04. The highest BCUT2D eigenvalue weighted by atomic mass is 32.2. The number of benzene rings is 2. The number of alkyl halides is 1. The SMILES string of the molecule is NS(=O)(=O)CC1C(Cc2cccc(-c3ccccc3)c2)N(C(=O)N2CC(F)C2)CC12CC2. The zero-order chi connectivity index (χ0) is 22.5. The van der Waals surface area contributed by atoms with E-state index in [2.05, 4.69) is 6.07 Å². The minimum Gasteiger partial charge on any atom is -0.320 e. The van der Waals surface area contributed by atoms with Gasteiger partial charge in [0.05, 0.1) is 18.8 Å². The molecule has 2 aromatic carbocycles. The zero-order valence-corrected chi connectivity index (χ0v) is 18.7. The third-order valence-electron chi connectivity index (χ3n) is 7.27. The average Bonchev–Trinajstić information content (AvgIpc) is 3.47. The van der Waals surface area contributed by atoms with Gasteiger partial charge in [-0.3, -0.25) is 0 Å². The van der Waals surface area contributed by atoms with E-state index in [1.165, 1.54) is 4.90 Å². The van der Waals surface area contributed by atoms with E-state index in [-0.39, 0.29) is 42.2 Å². The Kier molecular flexibility index (Phi) is 5.25. The van der Waals surface area contributed by atoms with Gasteiger partial charge in [-0.25, -0.2) is 22.7 Å². The summed E-state index contributed by atoms with van der Waals surface area (Å²) in [6.45, 7) is 0.735. The first-order valence-corrected chi connectivity index (χ1v) is 12.8. The summed E-state index contributed by atoms with van der Waals surface area (Å²) < 4.78 is 37.6. The van der Waals surface area contributed by atoms with Gasteiger partial charge in [0.25, 0.3) is 0 Å². The predicted molar refractivity (Wildman–Crippen MR) is 121 cm³/mol. The van der Waals surface area contributed by atoms with Crippen LogP contribution in [0.3, 0.4) is 0 Å². The van der Waals surface area contributed by atoms with Crippen LogP contribution in [0.25, 0.3) is 11.1 Å². The molecule has 2 aromatic rings. The first kappa shape index (κ1) is 21.4. The number of urea groups is 1. The van der Waals surface area contributed by atoms with Crippen molar-refractivity contribution in [2.75, 3.05) is 25.4 Å². The third kappa shape index (κ3) is 4.13. The van der Waals surface area contributed by atoms with Crippen LogP contribution in [0.1, 0.15) is 18.4 Å². The summed E-state index contributed by atoms with van der Waals surface area (Å²) in [4.78, 5) is 16.5. The van der Waals surface area contributed by atoms with Gasteiger partial charge in [0.2, 0.25) is 10.0 Å². The van der Waals surface area contributed by atoms with Crippen LogP contribution in [0.15, 0.2) is 54.6 Å². The van der Waals surface area contributed by atoms with Gasteiger partial charge >= 0.3 is 6.03 Å². The van der Waals surface area contributed by atoms with E-state index >= 15 is 0 Å². The van der Waals surface area contributed by atoms with E-state index in [4.69, 9.17) is 5.14 Å². The van der Waals surface area contributed by atoms with Gasteiger partial charge in [-0.05, 0) is 41.4 Å². The lowest BCUT2D eigenvalue weighted by Crippen LogP contribution is -2.57. The van der Waals surface area contributed by atoms with E-state index in [9.17, 15) is 17.6 Å². The lowest BCUT2D eigenvalue weighted by molar-refractivity contribution is 0.0638. The number of likely N-dealkylation sites (tertiary alicyclic amines) is 2. The molecular weight excluding hydrogens is 429 g/mol. The Morgan fingerprint density at radius 2 is 1.75 bits per heavy atom. The molecule has 1 saturated carbocycles. The lowest BCUT2D eigenvalue weighted by atomic mass is 9.86. The molecule has 5 rings (SSSR count). The molecule has 2 amide bonds. The lowest BCUT2D eigenvalue weighted by Gasteiger charge is -2.39. The van der Waals surface area contributed by atoms with Crippen LogP contribution >= 0.6 is 0 Å². The Morgan fingerprint density at radius 1 is 1.06 bits per heavy atom. The summed E-state index contributed by atoms with van der Waals surface area (Å²) in [5.74, 6) is -0.352. The second kappa shape index (κ2) is 7.85. The van der Waals surface area contributed by atoms with Crippen molar-refractivity contribution in [2.24, 2.45) is 16.5 Å². The topological polar surface area (TPSA) is 83.7 Å². The normalized spacial score (nSPS) is 24.6. The van der Waals surface area contributed by atoms with Crippen molar-refractivity contribution in [1.29, 1.82) is 0 Å². The molecule has 3 fully saturated rings. The molecule has 2 saturated heterocycles. The van der Waals surface area contributed by atoms with Crippen molar-refractivity contribution < 1.29 is 17.6 Å². The van der Waals surface area contributed by atoms with Gasteiger partial charge in [-0.1, -0.05) is 54.6 Å². The number of carbonyl (C=O) groups excluding carboxylic acids is 1. The van der Waals surface area contributed by atoms with Gasteiger partial charge in [-0.15, -0.1) is 0 Å². The second-order valence-corrected chi connectivity index (χ2v) is 11.2. The first-order valence-electron chi connectivity index (χ1n) is 11.1. The van der Waals surface area contributed by atoms with Gasteiger partial charge in [0, 0.05) is 18.5 Å². The molecule has 1 spiro atoms. The standard InChI is InChI=1S/C24H28FN3O3S/c25-20-13-27(14-20)23(29)28-16-24(9-10-24)21(15-32(26,30)31)22(28)12-17-5-4-8-19(11-17)18-6-2-1-3-7-18/h1-8,11,20-22H,9-10,12-16H2,(H2,26,30,31). The monoisotopic (exact) mass is 457 g/mol. The Balaban J connectivity index is 1.45. The maximum absolute atomic E-state index is 13.4. The molecule has 6 nitrogen and oxygen atoms in total. The van der Waals surface area contributed by atoms with Gasteiger partial charge < -0.3 is 9.80 Å². The molecule has 2 atom stereocenters. The molecular formula is C24H28FN3O3S. The van der Waals surface area contributed by atoms with E-state index in [0.29, 0.717) is 13.0 Å². The van der Waals surface area contributed by atoms with Crippen LogP contribution in [0.4, 0.5) is 9.18 Å². The quantitative estimate of drug-likeness (QED) is 0.749. The molecule has 2 unspecified atom stereocenters. The van der Waals surface area contributed by atoms with Crippen molar-refractivity contribution in [1.82, 2.24) is 9.80 Å². The Hall–Kier alpha value is -2.45. The van der Waals surface area contributed by atoms with E-state index in [1.807, 2.05) is 48.5 Å². The fourth-order valence-corrected chi connectivity index (χ4v) is 6.48. The summed E-state index contributed by atoms with van der Waals surface area (Å²) in [7, 11) is -3.70. The molecule has 32 heavy (non-hydrogen) atoms. The maximum Gasteiger partial charge on any atom is 0.320 e. The molecule has 170 valence electrons. The maximum atomic E-state index is 13.4. The number of amides is 2. The number of nitrogens with zero attached hydrogens (tertiary/aromatic N) is 2. The van der Waals surface area contributed by atoms with Crippen molar-refractivity contribution in [3.63, 3.8) is 0 Å². The fraction of sp³-hybridized carbons (Fsp3) is 0.458. The average molecular weight is 458 g/mol. The van der Waals surface area contributed by atoms with Crippen molar-refractivity contribution in [3.05, 3.63) is 60.2 Å². The highest BCUT2D eigenvalue weighted by Gasteiger charge is 2.61. The van der Waals surface area contributed by atoms with E-state index < -0.39 is 16.2 Å². The Bertz CT molecular complexity index is 1110. The number of carbonyl (C=O) groups is 1. The van der Waals surface area contributed by atoms with E-state index in [1.54, 1.807) is 4.90 Å². The summed E-state index contributed by atoms with van der Waals surface area (Å²) >= 11 is 0. The molecule has 0 radical (unpaired) electrons. The highest BCUT2D eigenvalue weighted by Crippen LogP contribution is 2.59. The number of rotatable bonds is 5. The molecule has 2 heterocycles. The molecule has 1 aliphatic carbocycles. The summed E-state index contributed by atoms with van der Waals surface area (Å²) in [6.07, 6.45) is 1.35. The number of primary sulfonamides is 1. The van der Waals surface area contributed by atoms with Crippen molar-refractivity contribution in [2.45, 2.75) is 31.5 Å². The number of sulfonamides is 1. The van der Waals surface area contributed by atoms with Crippen molar-refractivity contribution >= 4 is 16.1 Å². The number of hydrogen-bond donors (Lipinski definition) is 1. The molecule has 0 bridgehead atoms. The minimum absolute atomic E-state index is 0.110. The van der Waals surface area contributed by atoms with Crippen LogP contribution in [0.2, 0.25) is 0 Å². The largest absolute Gasteiger partial charge is 0.320 e. The number of halogens is 1. The van der Waals surface area contributed by atoms with Crippen LogP contribution in [-0.4, -0.2) is 61.8 Å². The number of nitrogens with two attached hydrogens (primary N) is 1. The van der Waals surface area contributed by atoms with Crippen LogP contribution in [0.5, 0.6) is 0 Å².